The van der Waals surface area contributed by atoms with Gasteiger partial charge in [0, 0.05) is 56.3 Å². The summed E-state index contributed by atoms with van der Waals surface area (Å²) in [6.45, 7) is 17.4. The van der Waals surface area contributed by atoms with E-state index in [9.17, 15) is 62.9 Å². The number of rotatable bonds is 16. The molecule has 0 radical (unpaired) electrons. The van der Waals surface area contributed by atoms with Crippen LogP contribution in [0.15, 0.2) is 146 Å². The predicted octanol–water partition coefficient (Wildman–Crippen LogP) is 27.4. The van der Waals surface area contributed by atoms with Gasteiger partial charge in [-0.25, -0.2) is 52.7 Å². The van der Waals surface area contributed by atoms with Crippen LogP contribution in [0.1, 0.15) is 249 Å². The van der Waals surface area contributed by atoms with E-state index in [1.165, 1.54) is 24.3 Å². The Labute approximate surface area is 591 Å². The number of hydrogen-bond acceptors (Lipinski definition) is 2. The minimum absolute atomic E-state index is 0.0552. The molecule has 8 aromatic carbocycles. The fourth-order valence-electron chi connectivity index (χ4n) is 16.1. The molecule has 0 aliphatic heterocycles. The van der Waals surface area contributed by atoms with Crippen LogP contribution in [0.25, 0.3) is 44.5 Å². The number of halogens is 14. The summed E-state index contributed by atoms with van der Waals surface area (Å²) in [6.07, 6.45) is 2.21. The molecular weight excluding hydrogens is 1340 g/mol. The Morgan fingerprint density at radius 1 is 0.310 bits per heavy atom. The van der Waals surface area contributed by atoms with Gasteiger partial charge in [0.05, 0.1) is 13.2 Å². The molecule has 100 heavy (non-hydrogen) atoms. The van der Waals surface area contributed by atoms with Gasteiger partial charge in [-0.15, -0.1) is 23.2 Å². The topological polar surface area (TPSA) is 40.5 Å². The molecule has 0 spiro atoms. The minimum Gasteiger partial charge on any atom is -0.392 e. The number of benzene rings is 8. The van der Waals surface area contributed by atoms with Crippen LogP contribution in [0, 0.1) is 44.9 Å². The van der Waals surface area contributed by atoms with Gasteiger partial charge in [-0.2, -0.15) is 0 Å². The van der Waals surface area contributed by atoms with Gasteiger partial charge in [0.2, 0.25) is 0 Å². The highest BCUT2D eigenvalue weighted by atomic mass is 35.5. The summed E-state index contributed by atoms with van der Waals surface area (Å²) in [6, 6.07) is 36.3. The van der Waals surface area contributed by atoms with Gasteiger partial charge in [-0.1, -0.05) is 178 Å². The van der Waals surface area contributed by atoms with Crippen molar-refractivity contribution < 1.29 is 62.9 Å². The van der Waals surface area contributed by atoms with E-state index >= 15 is 0 Å². The van der Waals surface area contributed by atoms with Crippen molar-refractivity contribution in [3.05, 3.63) is 236 Å². The molecule has 2 N–H and O–H groups in total. The molecule has 4 aliphatic rings. The summed E-state index contributed by atoms with van der Waals surface area (Å²) >= 11 is 12.0. The number of aliphatic hydroxyl groups excluding tert-OH is 2. The standard InChI is InChI=1S/2C21H22ClF3.2C21H23F3O/c2*1-21(2)9-3-4-18(21)16-10-13(12-22)5-7-15(16)17-11-14(20(24)25)6-8-19(17)23;2*1-21(2)9-3-4-18(21)16-10-13(12-25)5-7-15(16)17-11-14(20(23)24)6-8-19(17)22/h2*5-8,10-11,18,20H,3-4,9,12H2,1-2H3;2*5-8,10-11,18,20,25H,3-4,9,12H2,1-2H3/t4*18-/m1010/s1. The summed E-state index contributed by atoms with van der Waals surface area (Å²) in [4.78, 5) is 0. The maximum Gasteiger partial charge on any atom is 0.263 e. The third kappa shape index (κ3) is 17.7. The van der Waals surface area contributed by atoms with Crippen molar-refractivity contribution in [3.8, 4) is 44.5 Å². The first kappa shape index (κ1) is 77.6. The van der Waals surface area contributed by atoms with Crippen LogP contribution in [0.3, 0.4) is 0 Å². The second-order valence-electron chi connectivity index (χ2n) is 30.2. The fourth-order valence-corrected chi connectivity index (χ4v) is 16.4. The van der Waals surface area contributed by atoms with Crippen molar-refractivity contribution in [2.45, 2.75) is 207 Å². The van der Waals surface area contributed by atoms with E-state index < -0.39 is 49.0 Å². The second-order valence-corrected chi connectivity index (χ2v) is 30.7. The molecule has 2 nitrogen and oxygen atoms in total. The molecule has 0 unspecified atom stereocenters. The number of aliphatic hydroxyl groups is 2. The predicted molar refractivity (Wildman–Crippen MR) is 380 cm³/mol. The van der Waals surface area contributed by atoms with Gasteiger partial charge in [0.1, 0.15) is 23.3 Å². The molecule has 12 rings (SSSR count). The van der Waals surface area contributed by atoms with E-state index in [0.29, 0.717) is 34.0 Å². The molecule has 4 aliphatic carbocycles. The molecule has 4 fully saturated rings. The maximum atomic E-state index is 14.5. The van der Waals surface area contributed by atoms with Crippen LogP contribution >= 0.6 is 23.2 Å². The smallest absolute Gasteiger partial charge is 0.263 e. The number of alkyl halides is 10. The first-order valence-corrected chi connectivity index (χ1v) is 35.6. The Morgan fingerprint density at radius 2 is 0.520 bits per heavy atom. The SMILES string of the molecule is CC1(C)CCC[C@@H]1c1cc(CCl)ccc1-c1cc(C(F)F)ccc1F.CC1(C)CCC[C@@H]1c1cc(CO)ccc1-c1cc(C(F)F)ccc1F.CC1(C)CCC[C@H]1c1cc(CCl)ccc1-c1cc(C(F)F)ccc1F.CC1(C)CCC[C@H]1c1cc(CO)ccc1-c1cc(C(F)F)ccc1F. The molecule has 0 amide bonds. The molecule has 0 bridgehead atoms. The maximum absolute atomic E-state index is 14.5. The molecule has 0 saturated heterocycles. The van der Waals surface area contributed by atoms with E-state index in [1.54, 1.807) is 24.3 Å². The van der Waals surface area contributed by atoms with Gasteiger partial charge in [-0.05, 0) is 212 Å². The zero-order valence-electron chi connectivity index (χ0n) is 58.0. The normalized spacial score (nSPS) is 19.6. The Hall–Kier alpha value is -6.58. The van der Waals surface area contributed by atoms with Crippen molar-refractivity contribution in [1.29, 1.82) is 0 Å². The van der Waals surface area contributed by atoms with Gasteiger partial charge < -0.3 is 10.2 Å². The van der Waals surface area contributed by atoms with Crippen LogP contribution in [-0.4, -0.2) is 10.2 Å². The molecule has 16 heteroatoms. The van der Waals surface area contributed by atoms with Crippen LogP contribution < -0.4 is 0 Å². The Balaban J connectivity index is 0.000000156. The van der Waals surface area contributed by atoms with Crippen molar-refractivity contribution in [3.63, 3.8) is 0 Å². The van der Waals surface area contributed by atoms with Crippen molar-refractivity contribution in [1.82, 2.24) is 0 Å². The summed E-state index contributed by atoms with van der Waals surface area (Å²) < 4.78 is 163. The van der Waals surface area contributed by atoms with Crippen molar-refractivity contribution in [2.24, 2.45) is 21.7 Å². The van der Waals surface area contributed by atoms with E-state index in [1.807, 2.05) is 48.5 Å². The third-order valence-electron chi connectivity index (χ3n) is 21.8. The lowest BCUT2D eigenvalue weighted by atomic mass is 9.75. The molecular formula is C84H90Cl2F12O2. The quantitative estimate of drug-likeness (QED) is 0.0748. The lowest BCUT2D eigenvalue weighted by Crippen LogP contribution is -2.16. The average Bonchev–Trinajstić information content (AvgIpc) is 0.984. The average molecular weight is 1430 g/mol. The molecule has 4 saturated carbocycles. The van der Waals surface area contributed by atoms with Gasteiger partial charge in [0.25, 0.3) is 25.7 Å². The summed E-state index contributed by atoms with van der Waals surface area (Å²) in [5.74, 6) is -0.246. The summed E-state index contributed by atoms with van der Waals surface area (Å²) in [5.41, 5.74) is 10.6. The van der Waals surface area contributed by atoms with E-state index in [0.717, 1.165) is 170 Å². The van der Waals surface area contributed by atoms with Gasteiger partial charge >= 0.3 is 0 Å². The first-order chi connectivity index (χ1) is 47.3. The summed E-state index contributed by atoms with van der Waals surface area (Å²) in [7, 11) is 0. The first-order valence-electron chi connectivity index (χ1n) is 34.5. The Bertz CT molecular complexity index is 3600. The van der Waals surface area contributed by atoms with Crippen LogP contribution in [0.2, 0.25) is 0 Å². The largest absolute Gasteiger partial charge is 0.392 e. The van der Waals surface area contributed by atoms with Crippen LogP contribution in [-0.2, 0) is 25.0 Å². The summed E-state index contributed by atoms with van der Waals surface area (Å²) in [5, 5.41) is 19.0. The lowest BCUT2D eigenvalue weighted by Gasteiger charge is -2.30. The van der Waals surface area contributed by atoms with Crippen LogP contribution in [0.4, 0.5) is 52.7 Å². The highest BCUT2D eigenvalue weighted by molar-refractivity contribution is 6.17. The van der Waals surface area contributed by atoms with Gasteiger partial charge in [-0.3, -0.25) is 0 Å². The number of hydrogen-bond donors (Lipinski definition) is 2. The van der Waals surface area contributed by atoms with Crippen molar-refractivity contribution >= 4 is 23.2 Å². The van der Waals surface area contributed by atoms with Crippen molar-refractivity contribution in [2.75, 3.05) is 0 Å². The lowest BCUT2D eigenvalue weighted by molar-refractivity contribution is 0.151. The van der Waals surface area contributed by atoms with E-state index in [-0.39, 0.29) is 103 Å². The highest BCUT2D eigenvalue weighted by Crippen LogP contribution is 2.56. The molecule has 0 heterocycles. The zero-order chi connectivity index (χ0) is 72.8. The highest BCUT2D eigenvalue weighted by Gasteiger charge is 2.41. The third-order valence-corrected chi connectivity index (χ3v) is 22.4. The Morgan fingerprint density at radius 3 is 0.700 bits per heavy atom. The molecule has 536 valence electrons. The minimum atomic E-state index is -2.64. The van der Waals surface area contributed by atoms with Gasteiger partial charge in [0.15, 0.2) is 0 Å². The molecule has 8 aromatic rings. The second kappa shape index (κ2) is 32.8. The molecule has 4 atom stereocenters. The zero-order valence-corrected chi connectivity index (χ0v) is 59.5. The fraction of sp³-hybridized carbons (Fsp3) is 0.429. The molecule has 0 aromatic heterocycles. The monoisotopic (exact) mass is 1430 g/mol. The van der Waals surface area contributed by atoms with E-state index in [2.05, 4.69) is 55.4 Å². The Kier molecular flexibility index (Phi) is 25.5. The van der Waals surface area contributed by atoms with Crippen LogP contribution in [0.5, 0.6) is 0 Å². The van der Waals surface area contributed by atoms with E-state index in [4.69, 9.17) is 23.2 Å².